The van der Waals surface area contributed by atoms with E-state index in [-0.39, 0.29) is 0 Å². The fourth-order valence-electron chi connectivity index (χ4n) is 0.995. The van der Waals surface area contributed by atoms with Crippen molar-refractivity contribution in [2.75, 3.05) is 0 Å². The molecule has 0 aromatic heterocycles. The molecule has 1 rings (SSSR count). The van der Waals surface area contributed by atoms with Crippen LogP contribution in [0.5, 0.6) is 0 Å². The Bertz CT molecular complexity index is 226. The summed E-state index contributed by atoms with van der Waals surface area (Å²) in [5, 5.41) is 4.24. The Morgan fingerprint density at radius 2 is 2.36 bits per heavy atom. The van der Waals surface area contributed by atoms with E-state index >= 15 is 0 Å². The molecule has 0 saturated carbocycles. The molecular formula is C9H13NS. The third kappa shape index (κ3) is 1.90. The summed E-state index contributed by atoms with van der Waals surface area (Å²) in [7, 11) is 0. The molecule has 1 nitrogen and oxygen atoms in total. The molecule has 1 saturated heterocycles. The van der Waals surface area contributed by atoms with Crippen LogP contribution in [0.15, 0.2) is 34.4 Å². The molecule has 0 aliphatic carbocycles. The molecule has 0 amide bonds. The van der Waals surface area contributed by atoms with Crippen LogP contribution in [0.3, 0.4) is 0 Å². The van der Waals surface area contributed by atoms with Crippen molar-refractivity contribution in [3.63, 3.8) is 0 Å². The van der Waals surface area contributed by atoms with Crippen LogP contribution in [0.25, 0.3) is 0 Å². The molecule has 60 valence electrons. The lowest BCUT2D eigenvalue weighted by Gasteiger charge is -1.96. The summed E-state index contributed by atoms with van der Waals surface area (Å²) in [6.45, 7) is 8.04. The first kappa shape index (κ1) is 8.47. The maximum absolute atomic E-state index is 3.86. The minimum Gasteiger partial charge on any atom is -0.350 e. The van der Waals surface area contributed by atoms with E-state index in [1.54, 1.807) is 11.8 Å². The summed E-state index contributed by atoms with van der Waals surface area (Å²) < 4.78 is 0. The summed E-state index contributed by atoms with van der Waals surface area (Å²) in [4.78, 5) is 1.29. The minimum absolute atomic E-state index is 1.03. The Hall–Kier alpha value is -0.630. The standard InChI is InChI=1S/C9H13NS/c1-4-6-8-9(5-2)11-7(3)10-8/h5-6,10H,3-4H2,1-2H3/b8-6+,9-5+. The summed E-state index contributed by atoms with van der Waals surface area (Å²) in [6.07, 6.45) is 5.35. The van der Waals surface area contributed by atoms with Gasteiger partial charge in [0, 0.05) is 10.6 Å². The number of hydrogen-bond donors (Lipinski definition) is 1. The topological polar surface area (TPSA) is 12.0 Å². The van der Waals surface area contributed by atoms with Crippen molar-refractivity contribution in [1.29, 1.82) is 0 Å². The number of thioether (sulfide) groups is 1. The normalized spacial score (nSPS) is 24.7. The SMILES string of the molecule is C=C1NC(=C/CC)/C(=C\C)S1. The first-order valence-corrected chi connectivity index (χ1v) is 4.60. The molecule has 0 bridgehead atoms. The quantitative estimate of drug-likeness (QED) is 0.644. The molecule has 1 aliphatic heterocycles. The average molecular weight is 167 g/mol. The van der Waals surface area contributed by atoms with E-state index in [2.05, 4.69) is 31.0 Å². The molecule has 2 heteroatoms. The smallest absolute Gasteiger partial charge is 0.0701 e. The van der Waals surface area contributed by atoms with E-state index in [4.69, 9.17) is 0 Å². The third-order valence-corrected chi connectivity index (χ3v) is 2.47. The van der Waals surface area contributed by atoms with Crippen molar-refractivity contribution in [2.24, 2.45) is 0 Å². The Morgan fingerprint density at radius 3 is 2.91 bits per heavy atom. The van der Waals surface area contributed by atoms with Gasteiger partial charge >= 0.3 is 0 Å². The van der Waals surface area contributed by atoms with Gasteiger partial charge in [-0.05, 0) is 13.3 Å². The highest BCUT2D eigenvalue weighted by atomic mass is 32.2. The van der Waals surface area contributed by atoms with Crippen LogP contribution in [0, 0.1) is 0 Å². The van der Waals surface area contributed by atoms with Gasteiger partial charge in [-0.25, -0.2) is 0 Å². The Morgan fingerprint density at radius 1 is 1.64 bits per heavy atom. The van der Waals surface area contributed by atoms with E-state index in [1.165, 1.54) is 10.6 Å². The van der Waals surface area contributed by atoms with Gasteiger partial charge in [-0.2, -0.15) is 0 Å². The van der Waals surface area contributed by atoms with E-state index in [0.29, 0.717) is 0 Å². The molecule has 11 heavy (non-hydrogen) atoms. The maximum Gasteiger partial charge on any atom is 0.0701 e. The molecular weight excluding hydrogens is 154 g/mol. The zero-order chi connectivity index (χ0) is 8.27. The van der Waals surface area contributed by atoms with Crippen LogP contribution in [-0.2, 0) is 0 Å². The van der Waals surface area contributed by atoms with Gasteiger partial charge in [-0.1, -0.05) is 37.4 Å². The lowest BCUT2D eigenvalue weighted by atomic mass is 10.3. The predicted molar refractivity (Wildman–Crippen MR) is 52.0 cm³/mol. The van der Waals surface area contributed by atoms with Crippen LogP contribution in [0.2, 0.25) is 0 Å². The second-order valence-electron chi connectivity index (χ2n) is 2.33. The third-order valence-electron chi connectivity index (χ3n) is 1.44. The molecule has 0 radical (unpaired) electrons. The zero-order valence-electron chi connectivity index (χ0n) is 6.98. The van der Waals surface area contributed by atoms with Crippen molar-refractivity contribution in [3.8, 4) is 0 Å². The van der Waals surface area contributed by atoms with Gasteiger partial charge in [0.25, 0.3) is 0 Å². The van der Waals surface area contributed by atoms with Gasteiger partial charge in [-0.3, -0.25) is 0 Å². The van der Waals surface area contributed by atoms with E-state index in [1.807, 2.05) is 6.92 Å². The summed E-state index contributed by atoms with van der Waals surface area (Å²) in [6, 6.07) is 0. The van der Waals surface area contributed by atoms with Crippen molar-refractivity contribution in [2.45, 2.75) is 20.3 Å². The number of allylic oxidation sites excluding steroid dienone is 2. The van der Waals surface area contributed by atoms with Crippen LogP contribution < -0.4 is 5.32 Å². The fourth-order valence-corrected chi connectivity index (χ4v) is 1.78. The first-order chi connectivity index (χ1) is 5.27. The van der Waals surface area contributed by atoms with Crippen LogP contribution in [0.4, 0.5) is 0 Å². The summed E-state index contributed by atoms with van der Waals surface area (Å²) >= 11 is 1.70. The minimum atomic E-state index is 1.03. The summed E-state index contributed by atoms with van der Waals surface area (Å²) in [5.74, 6) is 0. The molecule has 1 N–H and O–H groups in total. The van der Waals surface area contributed by atoms with Crippen molar-refractivity contribution in [3.05, 3.63) is 34.4 Å². The second kappa shape index (κ2) is 3.67. The molecule has 0 aromatic rings. The fraction of sp³-hybridized carbons (Fsp3) is 0.333. The molecule has 0 atom stereocenters. The highest BCUT2D eigenvalue weighted by Gasteiger charge is 2.14. The van der Waals surface area contributed by atoms with E-state index in [0.717, 1.165) is 11.4 Å². The number of rotatable bonds is 1. The lowest BCUT2D eigenvalue weighted by Crippen LogP contribution is -2.00. The second-order valence-corrected chi connectivity index (χ2v) is 3.47. The molecule has 1 heterocycles. The van der Waals surface area contributed by atoms with Crippen LogP contribution >= 0.6 is 11.8 Å². The van der Waals surface area contributed by atoms with E-state index < -0.39 is 0 Å². The largest absolute Gasteiger partial charge is 0.350 e. The van der Waals surface area contributed by atoms with Crippen molar-refractivity contribution < 1.29 is 0 Å². The summed E-state index contributed by atoms with van der Waals surface area (Å²) in [5.41, 5.74) is 1.21. The van der Waals surface area contributed by atoms with Crippen molar-refractivity contribution >= 4 is 11.8 Å². The highest BCUT2D eigenvalue weighted by Crippen LogP contribution is 2.35. The molecule has 1 aliphatic rings. The Labute approximate surface area is 72.3 Å². The average Bonchev–Trinajstić information content (AvgIpc) is 2.32. The molecule has 0 aromatic carbocycles. The molecule has 0 unspecified atom stereocenters. The maximum atomic E-state index is 3.86. The van der Waals surface area contributed by atoms with E-state index in [9.17, 15) is 0 Å². The number of hydrogen-bond acceptors (Lipinski definition) is 2. The van der Waals surface area contributed by atoms with Gasteiger partial charge in [0.1, 0.15) is 0 Å². The van der Waals surface area contributed by atoms with Gasteiger partial charge < -0.3 is 5.32 Å². The van der Waals surface area contributed by atoms with Gasteiger partial charge in [0.05, 0.1) is 5.03 Å². The van der Waals surface area contributed by atoms with Gasteiger partial charge in [0.15, 0.2) is 0 Å². The number of nitrogens with one attached hydrogen (secondary N) is 1. The van der Waals surface area contributed by atoms with Gasteiger partial charge in [-0.15, -0.1) is 0 Å². The van der Waals surface area contributed by atoms with Gasteiger partial charge in [0.2, 0.25) is 0 Å². The van der Waals surface area contributed by atoms with Crippen molar-refractivity contribution in [1.82, 2.24) is 5.32 Å². The molecule has 1 fully saturated rings. The highest BCUT2D eigenvalue weighted by molar-refractivity contribution is 8.07. The van der Waals surface area contributed by atoms with Crippen LogP contribution in [-0.4, -0.2) is 0 Å². The van der Waals surface area contributed by atoms with Crippen LogP contribution in [0.1, 0.15) is 20.3 Å². The lowest BCUT2D eigenvalue weighted by molar-refractivity contribution is 1.07. The monoisotopic (exact) mass is 167 g/mol. The Kier molecular flexibility index (Phi) is 2.83. The molecule has 0 spiro atoms. The Balaban J connectivity index is 2.81. The first-order valence-electron chi connectivity index (χ1n) is 3.78. The predicted octanol–water partition coefficient (Wildman–Crippen LogP) is 2.99. The zero-order valence-corrected chi connectivity index (χ0v) is 7.79.